The third-order valence-electron chi connectivity index (χ3n) is 6.83. The molecule has 0 saturated carbocycles. The zero-order valence-electron chi connectivity index (χ0n) is 20.0. The van der Waals surface area contributed by atoms with Crippen LogP contribution in [0.3, 0.4) is 0 Å². The monoisotopic (exact) mass is 426 g/mol. The zero-order valence-corrected chi connectivity index (χ0v) is 20.8. The van der Waals surface area contributed by atoms with E-state index in [1.54, 1.807) is 0 Å². The molecule has 6 unspecified atom stereocenters. The van der Waals surface area contributed by atoms with Crippen molar-refractivity contribution in [2.24, 2.45) is 5.73 Å². The van der Waals surface area contributed by atoms with E-state index in [-0.39, 0.29) is 11.6 Å². The zero-order chi connectivity index (χ0) is 21.9. The number of likely N-dealkylation sites (tertiary alicyclic amines) is 2. The number of likely N-dealkylation sites (N-methyl/N-ethyl adjacent to an activating group) is 1. The average Bonchev–Trinajstić information content (AvgIpc) is 3.18. The van der Waals surface area contributed by atoms with Crippen LogP contribution in [0.5, 0.6) is 0 Å². The number of nitrogens with two attached hydrogens (primary N) is 1. The van der Waals surface area contributed by atoms with E-state index >= 15 is 0 Å². The molecule has 4 N–H and O–H groups in total. The highest BCUT2D eigenvalue weighted by atomic mass is 32.1. The molecule has 7 heteroatoms. The molecule has 6 atom stereocenters. The Labute approximate surface area is 184 Å². The summed E-state index contributed by atoms with van der Waals surface area (Å²) in [5.41, 5.74) is 6.56. The molecular weight excluding hydrogens is 380 g/mol. The molecular formula is C22H46N6S. The van der Waals surface area contributed by atoms with Gasteiger partial charge in [0, 0.05) is 74.0 Å². The first-order chi connectivity index (χ1) is 13.4. The Morgan fingerprint density at radius 3 is 2.28 bits per heavy atom. The SMILES string of the molecule is CC(C)NC1CN(C(C)(C)CC(C)NC2CN(C(C)C=S)CC2N(C)C)CC1N. The van der Waals surface area contributed by atoms with Gasteiger partial charge < -0.3 is 21.3 Å². The van der Waals surface area contributed by atoms with Crippen molar-refractivity contribution in [3.63, 3.8) is 0 Å². The van der Waals surface area contributed by atoms with Crippen molar-refractivity contribution in [3.05, 3.63) is 0 Å². The summed E-state index contributed by atoms with van der Waals surface area (Å²) in [6, 6.07) is 2.82. The number of nitrogens with one attached hydrogen (secondary N) is 2. The number of rotatable bonds is 10. The Kier molecular flexibility index (Phi) is 9.04. The van der Waals surface area contributed by atoms with Crippen LogP contribution < -0.4 is 16.4 Å². The van der Waals surface area contributed by atoms with E-state index in [0.717, 1.165) is 32.6 Å². The van der Waals surface area contributed by atoms with Gasteiger partial charge in [0.1, 0.15) is 0 Å². The molecule has 6 nitrogen and oxygen atoms in total. The summed E-state index contributed by atoms with van der Waals surface area (Å²) in [4.78, 5) is 7.43. The van der Waals surface area contributed by atoms with Crippen molar-refractivity contribution in [1.29, 1.82) is 0 Å². The first-order valence-corrected chi connectivity index (χ1v) is 11.8. The molecule has 2 aliphatic heterocycles. The van der Waals surface area contributed by atoms with E-state index < -0.39 is 0 Å². The van der Waals surface area contributed by atoms with Gasteiger partial charge >= 0.3 is 0 Å². The topological polar surface area (TPSA) is 59.8 Å². The largest absolute Gasteiger partial charge is 0.325 e. The van der Waals surface area contributed by atoms with Crippen LogP contribution in [0.1, 0.15) is 48.0 Å². The van der Waals surface area contributed by atoms with Crippen LogP contribution in [0.25, 0.3) is 0 Å². The fraction of sp³-hybridized carbons (Fsp3) is 0.955. The molecule has 170 valence electrons. The standard InChI is InChI=1S/C22H46N6S/c1-15(2)24-19-12-28(10-18(19)23)22(5,6)9-16(3)25-20-11-27(17(4)14-29)13-21(20)26(7)8/h14-21,24-25H,9-13,23H2,1-8H3. The number of thiocarbonyl (C=S) groups is 1. The number of hydrogen-bond donors (Lipinski definition) is 3. The van der Waals surface area contributed by atoms with Crippen LogP contribution in [0.15, 0.2) is 0 Å². The number of hydrogen-bond acceptors (Lipinski definition) is 7. The summed E-state index contributed by atoms with van der Waals surface area (Å²) >= 11 is 5.20. The molecule has 2 saturated heterocycles. The van der Waals surface area contributed by atoms with Gasteiger partial charge in [-0.05, 0) is 53.6 Å². The van der Waals surface area contributed by atoms with Crippen molar-refractivity contribution in [2.75, 3.05) is 40.3 Å². The lowest BCUT2D eigenvalue weighted by Gasteiger charge is -2.39. The van der Waals surface area contributed by atoms with Gasteiger partial charge in [-0.2, -0.15) is 0 Å². The normalized spacial score (nSPS) is 31.7. The molecule has 29 heavy (non-hydrogen) atoms. The lowest BCUT2D eigenvalue weighted by molar-refractivity contribution is 0.122. The van der Waals surface area contributed by atoms with Gasteiger partial charge in [0.15, 0.2) is 0 Å². The Morgan fingerprint density at radius 2 is 1.72 bits per heavy atom. The minimum atomic E-state index is 0.116. The first kappa shape index (κ1) is 25.1. The van der Waals surface area contributed by atoms with Gasteiger partial charge in [0.2, 0.25) is 0 Å². The first-order valence-electron chi connectivity index (χ1n) is 11.3. The lowest BCUT2D eigenvalue weighted by atomic mass is 9.93. The van der Waals surface area contributed by atoms with Crippen LogP contribution >= 0.6 is 12.2 Å². The van der Waals surface area contributed by atoms with Crippen LogP contribution in [-0.2, 0) is 0 Å². The molecule has 0 aromatic heterocycles. The highest BCUT2D eigenvalue weighted by Crippen LogP contribution is 2.26. The molecule has 2 fully saturated rings. The van der Waals surface area contributed by atoms with Crippen LogP contribution in [0, 0.1) is 0 Å². The molecule has 0 aromatic carbocycles. The molecule has 2 heterocycles. The molecule has 2 rings (SSSR count). The lowest BCUT2D eigenvalue weighted by Crippen LogP contribution is -2.53. The summed E-state index contributed by atoms with van der Waals surface area (Å²) in [5.74, 6) is 0. The van der Waals surface area contributed by atoms with Gasteiger partial charge in [0.25, 0.3) is 0 Å². The molecule has 0 radical (unpaired) electrons. The quantitative estimate of drug-likeness (QED) is 0.453. The Balaban J connectivity index is 1.94. The summed E-state index contributed by atoms with van der Waals surface area (Å²) in [5, 5.41) is 9.48. The fourth-order valence-corrected chi connectivity index (χ4v) is 5.32. The van der Waals surface area contributed by atoms with E-state index in [9.17, 15) is 0 Å². The maximum Gasteiger partial charge on any atom is 0.0383 e. The summed E-state index contributed by atoms with van der Waals surface area (Å²) in [6.07, 6.45) is 1.10. The molecule has 0 bridgehead atoms. The van der Waals surface area contributed by atoms with Crippen molar-refractivity contribution in [2.45, 2.75) is 95.8 Å². The highest BCUT2D eigenvalue weighted by molar-refractivity contribution is 7.79. The van der Waals surface area contributed by atoms with Gasteiger partial charge in [-0.1, -0.05) is 26.1 Å². The molecule has 0 amide bonds. The third kappa shape index (κ3) is 6.66. The maximum atomic E-state index is 6.44. The van der Waals surface area contributed by atoms with Crippen molar-refractivity contribution in [3.8, 4) is 0 Å². The van der Waals surface area contributed by atoms with E-state index in [4.69, 9.17) is 18.0 Å². The van der Waals surface area contributed by atoms with Crippen molar-refractivity contribution < 1.29 is 0 Å². The number of nitrogens with zero attached hydrogens (tertiary/aromatic N) is 3. The van der Waals surface area contributed by atoms with E-state index in [0.29, 0.717) is 36.3 Å². The molecule has 0 aromatic rings. The van der Waals surface area contributed by atoms with E-state index in [1.165, 1.54) is 0 Å². The Bertz CT molecular complexity index is 525. The predicted molar refractivity (Wildman–Crippen MR) is 129 cm³/mol. The van der Waals surface area contributed by atoms with Crippen LogP contribution in [0.2, 0.25) is 0 Å². The molecule has 0 aliphatic carbocycles. The van der Waals surface area contributed by atoms with Gasteiger partial charge in [-0.25, -0.2) is 0 Å². The second-order valence-electron chi connectivity index (χ2n) is 10.5. The summed E-state index contributed by atoms with van der Waals surface area (Å²) in [6.45, 7) is 17.8. The third-order valence-corrected chi connectivity index (χ3v) is 7.22. The molecule has 0 spiro atoms. The molecule has 2 aliphatic rings. The Hall–Kier alpha value is -0.150. The summed E-state index contributed by atoms with van der Waals surface area (Å²) < 4.78 is 0. The van der Waals surface area contributed by atoms with Crippen molar-refractivity contribution >= 4 is 17.6 Å². The second-order valence-corrected chi connectivity index (χ2v) is 10.8. The van der Waals surface area contributed by atoms with Gasteiger partial charge in [-0.15, -0.1) is 0 Å². The fourth-order valence-electron chi connectivity index (χ4n) is 5.15. The highest BCUT2D eigenvalue weighted by Gasteiger charge is 2.40. The van der Waals surface area contributed by atoms with Crippen LogP contribution in [-0.4, -0.2) is 108 Å². The predicted octanol–water partition coefficient (Wildman–Crippen LogP) is 1.15. The minimum Gasteiger partial charge on any atom is -0.325 e. The van der Waals surface area contributed by atoms with E-state index in [1.807, 2.05) is 5.37 Å². The second kappa shape index (κ2) is 10.4. The maximum absolute atomic E-state index is 6.44. The smallest absolute Gasteiger partial charge is 0.0383 e. The van der Waals surface area contributed by atoms with E-state index in [2.05, 4.69) is 81.0 Å². The average molecular weight is 427 g/mol. The minimum absolute atomic E-state index is 0.116. The van der Waals surface area contributed by atoms with Gasteiger partial charge in [0.05, 0.1) is 0 Å². The Morgan fingerprint density at radius 1 is 1.07 bits per heavy atom. The van der Waals surface area contributed by atoms with Crippen LogP contribution in [0.4, 0.5) is 0 Å². The summed E-state index contributed by atoms with van der Waals surface area (Å²) in [7, 11) is 4.38. The van der Waals surface area contributed by atoms with Gasteiger partial charge in [-0.3, -0.25) is 9.80 Å². The van der Waals surface area contributed by atoms with Crippen molar-refractivity contribution in [1.82, 2.24) is 25.3 Å².